The van der Waals surface area contributed by atoms with Crippen molar-refractivity contribution in [1.82, 2.24) is 36.8 Å². The summed E-state index contributed by atoms with van der Waals surface area (Å²) in [4.78, 5) is 106. The van der Waals surface area contributed by atoms with Gasteiger partial charge in [-0.25, -0.2) is 14.5 Å². The number of alkyl carbamates (subject to hydrolysis) is 1. The van der Waals surface area contributed by atoms with E-state index in [0.29, 0.717) is 18.7 Å². The van der Waals surface area contributed by atoms with Crippen molar-refractivity contribution in [2.75, 3.05) is 58.9 Å². The maximum absolute atomic E-state index is 13.9. The highest BCUT2D eigenvalue weighted by molar-refractivity contribution is 6.32. The molecule has 0 aromatic heterocycles. The Bertz CT molecular complexity index is 1350. The van der Waals surface area contributed by atoms with E-state index in [0.717, 1.165) is 0 Å². The minimum Gasteiger partial charge on any atom is -0.479 e. The van der Waals surface area contributed by atoms with Crippen LogP contribution in [0.1, 0.15) is 47.1 Å². The fourth-order valence-electron chi connectivity index (χ4n) is 4.49. The molecule has 1 rings (SSSR count). The van der Waals surface area contributed by atoms with Crippen molar-refractivity contribution in [3.05, 3.63) is 35.9 Å². The molecule has 1 aromatic rings. The van der Waals surface area contributed by atoms with Gasteiger partial charge in [0.1, 0.15) is 6.61 Å². The van der Waals surface area contributed by atoms with Gasteiger partial charge in [0.25, 0.3) is 5.54 Å². The lowest BCUT2D eigenvalue weighted by Gasteiger charge is -2.37. The van der Waals surface area contributed by atoms with Gasteiger partial charge in [0.15, 0.2) is 11.6 Å². The predicted molar refractivity (Wildman–Crippen MR) is 186 cm³/mol. The summed E-state index contributed by atoms with van der Waals surface area (Å²) in [6.07, 6.45) is -1.16. The molecule has 17 nitrogen and oxygen atoms in total. The first-order chi connectivity index (χ1) is 24.0. The van der Waals surface area contributed by atoms with Gasteiger partial charge in [0.05, 0.1) is 39.3 Å². The zero-order chi connectivity index (χ0) is 38.6. The second kappa shape index (κ2) is 22.9. The number of aliphatic carboxylic acids is 1. The average molecular weight is 720 g/mol. The van der Waals surface area contributed by atoms with Crippen LogP contribution in [-0.4, -0.2) is 122 Å². The zero-order valence-electron chi connectivity index (χ0n) is 30.3. The summed E-state index contributed by atoms with van der Waals surface area (Å²) in [7, 11) is 0. The van der Waals surface area contributed by atoms with Crippen LogP contribution in [0.4, 0.5) is 4.79 Å². The van der Waals surface area contributed by atoms with E-state index in [4.69, 9.17) is 4.74 Å². The number of amides is 5. The SMILES string of the molecule is CC(C)CNCC(=O)NCC(=O)N(C(=O)CNCC(C)C)C(C(=O)O)(C(=O)CNC(=O)CNCC(C)C)C(=O)CNC(=O)OCc1ccccc1. The topological polar surface area (TPSA) is 241 Å². The van der Waals surface area contributed by atoms with Gasteiger partial charge >= 0.3 is 12.1 Å². The number of nitrogens with one attached hydrogen (secondary N) is 6. The Morgan fingerprint density at radius 2 is 1.06 bits per heavy atom. The van der Waals surface area contributed by atoms with Crippen molar-refractivity contribution in [2.24, 2.45) is 17.8 Å². The first kappa shape index (κ1) is 44.3. The summed E-state index contributed by atoms with van der Waals surface area (Å²) >= 11 is 0. The molecule has 0 aliphatic heterocycles. The summed E-state index contributed by atoms with van der Waals surface area (Å²) in [6, 6.07) is 8.49. The highest BCUT2D eigenvalue weighted by Crippen LogP contribution is 2.21. The van der Waals surface area contributed by atoms with Crippen LogP contribution in [0.15, 0.2) is 30.3 Å². The third-order valence-corrected chi connectivity index (χ3v) is 6.94. The first-order valence-electron chi connectivity index (χ1n) is 16.8. The fraction of sp³-hybridized carbons (Fsp3) is 0.588. The minimum atomic E-state index is -3.57. The molecule has 0 saturated heterocycles. The number of carbonyl (C=O) groups excluding carboxylic acids is 7. The summed E-state index contributed by atoms with van der Waals surface area (Å²) in [5, 5.41) is 25.6. The van der Waals surface area contributed by atoms with Crippen molar-refractivity contribution >= 4 is 47.3 Å². The van der Waals surface area contributed by atoms with Crippen LogP contribution in [0, 0.1) is 17.8 Å². The molecular formula is C34H53N7O10. The van der Waals surface area contributed by atoms with Crippen molar-refractivity contribution in [1.29, 1.82) is 0 Å². The number of imide groups is 1. The fourth-order valence-corrected chi connectivity index (χ4v) is 4.49. The molecule has 0 aliphatic carbocycles. The van der Waals surface area contributed by atoms with E-state index in [-0.39, 0.29) is 48.9 Å². The minimum absolute atomic E-state index is 0.0117. The molecule has 1 unspecified atom stereocenters. The maximum atomic E-state index is 13.9. The third kappa shape index (κ3) is 15.8. The number of benzene rings is 1. The lowest BCUT2D eigenvalue weighted by atomic mass is 9.85. The second-order valence-electron chi connectivity index (χ2n) is 13.0. The number of Topliss-reactive ketones (excluding diaryl/α,β-unsaturated/α-hetero) is 2. The van der Waals surface area contributed by atoms with E-state index in [9.17, 15) is 43.5 Å². The number of ether oxygens (including phenoxy) is 1. The Morgan fingerprint density at radius 3 is 1.53 bits per heavy atom. The van der Waals surface area contributed by atoms with Crippen molar-refractivity contribution in [3.63, 3.8) is 0 Å². The van der Waals surface area contributed by atoms with Gasteiger partial charge in [-0.2, -0.15) is 0 Å². The van der Waals surface area contributed by atoms with Gasteiger partial charge in [-0.3, -0.25) is 28.8 Å². The van der Waals surface area contributed by atoms with E-state index in [1.54, 1.807) is 30.3 Å². The highest BCUT2D eigenvalue weighted by Gasteiger charge is 2.60. The Balaban J connectivity index is 3.49. The number of nitrogens with zero attached hydrogens (tertiary/aromatic N) is 1. The van der Waals surface area contributed by atoms with Gasteiger partial charge in [-0.15, -0.1) is 0 Å². The molecule has 51 heavy (non-hydrogen) atoms. The number of ketones is 2. The molecule has 284 valence electrons. The van der Waals surface area contributed by atoms with E-state index in [2.05, 4.69) is 31.9 Å². The summed E-state index contributed by atoms with van der Waals surface area (Å²) in [5.41, 5.74) is -2.97. The maximum Gasteiger partial charge on any atom is 0.407 e. The Kier molecular flexibility index (Phi) is 19.9. The number of carboxylic acids is 1. The van der Waals surface area contributed by atoms with Crippen molar-refractivity contribution in [3.8, 4) is 0 Å². The van der Waals surface area contributed by atoms with Crippen LogP contribution in [0.3, 0.4) is 0 Å². The smallest absolute Gasteiger partial charge is 0.407 e. The van der Waals surface area contributed by atoms with Crippen molar-refractivity contribution < 1.29 is 48.2 Å². The van der Waals surface area contributed by atoms with Gasteiger partial charge in [-0.1, -0.05) is 71.9 Å². The predicted octanol–water partition coefficient (Wildman–Crippen LogP) is -0.801. The Morgan fingerprint density at radius 1 is 0.627 bits per heavy atom. The number of carbonyl (C=O) groups is 8. The number of rotatable bonds is 24. The molecular weight excluding hydrogens is 666 g/mol. The molecule has 0 heterocycles. The molecule has 0 radical (unpaired) electrons. The van der Waals surface area contributed by atoms with Crippen LogP contribution in [0.2, 0.25) is 0 Å². The summed E-state index contributed by atoms with van der Waals surface area (Å²) < 4.78 is 5.08. The Labute approximate surface area is 298 Å². The monoisotopic (exact) mass is 719 g/mol. The number of carboxylic acid groups (broad SMARTS) is 1. The van der Waals surface area contributed by atoms with E-state index < -0.39 is 79.0 Å². The van der Waals surface area contributed by atoms with E-state index in [1.165, 1.54) is 0 Å². The lowest BCUT2D eigenvalue weighted by Crippen LogP contribution is -2.72. The third-order valence-electron chi connectivity index (χ3n) is 6.94. The molecule has 17 heteroatoms. The normalized spacial score (nSPS) is 12.2. The molecule has 7 N–H and O–H groups in total. The molecule has 1 atom stereocenters. The lowest BCUT2D eigenvalue weighted by molar-refractivity contribution is -0.173. The van der Waals surface area contributed by atoms with Crippen LogP contribution in [0.25, 0.3) is 0 Å². The first-order valence-corrected chi connectivity index (χ1v) is 16.8. The van der Waals surface area contributed by atoms with Gasteiger partial charge in [-0.05, 0) is 43.0 Å². The summed E-state index contributed by atoms with van der Waals surface area (Å²) in [6.45, 7) is 7.83. The van der Waals surface area contributed by atoms with Crippen LogP contribution >= 0.6 is 0 Å². The molecule has 0 aliphatic rings. The highest BCUT2D eigenvalue weighted by atomic mass is 16.5. The zero-order valence-corrected chi connectivity index (χ0v) is 30.3. The van der Waals surface area contributed by atoms with Crippen LogP contribution in [-0.2, 0) is 44.9 Å². The van der Waals surface area contributed by atoms with Crippen molar-refractivity contribution in [2.45, 2.75) is 53.7 Å². The Hall–Kier alpha value is -4.74. The van der Waals surface area contributed by atoms with Gasteiger partial charge in [0, 0.05) is 0 Å². The van der Waals surface area contributed by atoms with Crippen LogP contribution in [0.5, 0.6) is 0 Å². The molecule has 0 bridgehead atoms. The van der Waals surface area contributed by atoms with E-state index >= 15 is 0 Å². The van der Waals surface area contributed by atoms with Gasteiger partial charge < -0.3 is 41.7 Å². The molecule has 0 fully saturated rings. The molecule has 0 spiro atoms. The van der Waals surface area contributed by atoms with Gasteiger partial charge in [0.2, 0.25) is 23.6 Å². The molecule has 5 amide bonds. The number of hydrogen-bond donors (Lipinski definition) is 7. The largest absolute Gasteiger partial charge is 0.479 e. The molecule has 1 aromatic carbocycles. The standard InChI is InChI=1S/C34H53N7O10/c1-22(2)12-35-17-28(44)38-15-26(42)34(32(48)49,27(43)16-40-33(50)51-21-25-10-8-7-9-11-25)41(30(46)19-37-14-24(5)6)31(47)20-39-29(45)18-36-13-23(3)4/h7-11,22-24,35-37H,12-21H2,1-6H3,(H,38,44)(H,39,45)(H,40,50)(H,48,49). The number of hydrogen-bond acceptors (Lipinski definition) is 12. The average Bonchev–Trinajstić information content (AvgIpc) is 3.06. The second-order valence-corrected chi connectivity index (χ2v) is 13.0. The summed E-state index contributed by atoms with van der Waals surface area (Å²) in [5.74, 6) is -9.06. The van der Waals surface area contributed by atoms with Crippen LogP contribution < -0.4 is 31.9 Å². The quantitative estimate of drug-likeness (QED) is 0.0649. The van der Waals surface area contributed by atoms with E-state index in [1.807, 2.05) is 41.5 Å². The molecule has 0 saturated carbocycles.